The first kappa shape index (κ1) is 20.7. The van der Waals surface area contributed by atoms with Gasteiger partial charge in [-0.05, 0) is 49.8 Å². The molecule has 4 rings (SSSR count). The summed E-state index contributed by atoms with van der Waals surface area (Å²) in [4.78, 5) is 26.2. The summed E-state index contributed by atoms with van der Waals surface area (Å²) in [7, 11) is 2.12. The molecule has 1 aliphatic heterocycles. The second-order valence-electron chi connectivity index (χ2n) is 8.92. The van der Waals surface area contributed by atoms with E-state index in [4.69, 9.17) is 0 Å². The van der Waals surface area contributed by atoms with E-state index >= 15 is 0 Å². The molecule has 1 aromatic heterocycles. The van der Waals surface area contributed by atoms with E-state index in [1.807, 2.05) is 12.1 Å². The Kier molecular flexibility index (Phi) is 6.26. The van der Waals surface area contributed by atoms with E-state index in [0.717, 1.165) is 56.5 Å². The number of nitrogens with zero attached hydrogens (tertiary/aromatic N) is 5. The highest BCUT2D eigenvalue weighted by Gasteiger charge is 2.30. The molecule has 1 amide bonds. The van der Waals surface area contributed by atoms with Crippen LogP contribution in [0.5, 0.6) is 0 Å². The van der Waals surface area contributed by atoms with Crippen LogP contribution in [0.2, 0.25) is 0 Å². The van der Waals surface area contributed by atoms with Gasteiger partial charge in [-0.25, -0.2) is 0 Å². The SMILES string of the molecule is C[C@H]1C[C@@H](NC(=O)CN2CCN(C)CC2)C[C@@H](c2ccc(C#N)c3nccnc23)C1. The molecule has 0 bridgehead atoms. The lowest BCUT2D eigenvalue weighted by Gasteiger charge is -2.35. The topological polar surface area (TPSA) is 85.2 Å². The van der Waals surface area contributed by atoms with Gasteiger partial charge in [0, 0.05) is 44.6 Å². The highest BCUT2D eigenvalue weighted by molar-refractivity contribution is 5.84. The predicted molar refractivity (Wildman–Crippen MR) is 116 cm³/mol. The smallest absolute Gasteiger partial charge is 0.234 e. The van der Waals surface area contributed by atoms with Crippen LogP contribution in [-0.4, -0.2) is 71.5 Å². The predicted octanol–water partition coefficient (Wildman–Crippen LogP) is 2.14. The van der Waals surface area contributed by atoms with E-state index in [9.17, 15) is 10.1 Å². The molecule has 158 valence electrons. The van der Waals surface area contributed by atoms with E-state index in [1.165, 1.54) is 0 Å². The van der Waals surface area contributed by atoms with Gasteiger partial charge < -0.3 is 10.2 Å². The number of piperazine rings is 1. The highest BCUT2D eigenvalue weighted by Crippen LogP contribution is 2.38. The maximum Gasteiger partial charge on any atom is 0.234 e. The van der Waals surface area contributed by atoms with E-state index in [1.54, 1.807) is 12.4 Å². The van der Waals surface area contributed by atoms with Gasteiger partial charge in [0.05, 0.1) is 17.6 Å². The Labute approximate surface area is 178 Å². The number of hydrogen-bond donors (Lipinski definition) is 1. The van der Waals surface area contributed by atoms with Crippen molar-refractivity contribution in [2.45, 2.75) is 38.1 Å². The summed E-state index contributed by atoms with van der Waals surface area (Å²) in [5.41, 5.74) is 3.19. The molecule has 1 aliphatic carbocycles. The van der Waals surface area contributed by atoms with Gasteiger partial charge in [0.25, 0.3) is 0 Å². The summed E-state index contributed by atoms with van der Waals surface area (Å²) in [5, 5.41) is 12.7. The lowest BCUT2D eigenvalue weighted by atomic mass is 9.75. The van der Waals surface area contributed by atoms with E-state index < -0.39 is 0 Å². The molecule has 1 saturated carbocycles. The van der Waals surface area contributed by atoms with Crippen molar-refractivity contribution in [1.29, 1.82) is 5.26 Å². The van der Waals surface area contributed by atoms with E-state index in [-0.39, 0.29) is 11.9 Å². The lowest BCUT2D eigenvalue weighted by molar-refractivity contribution is -0.123. The zero-order valence-corrected chi connectivity index (χ0v) is 17.8. The minimum absolute atomic E-state index is 0.127. The third-order valence-electron chi connectivity index (χ3n) is 6.49. The summed E-state index contributed by atoms with van der Waals surface area (Å²) < 4.78 is 0. The van der Waals surface area contributed by atoms with Crippen LogP contribution < -0.4 is 5.32 Å². The van der Waals surface area contributed by atoms with Crippen molar-refractivity contribution in [3.05, 3.63) is 35.7 Å². The summed E-state index contributed by atoms with van der Waals surface area (Å²) in [6.07, 6.45) is 6.29. The third-order valence-corrected chi connectivity index (χ3v) is 6.49. The quantitative estimate of drug-likeness (QED) is 0.837. The molecule has 3 atom stereocenters. The largest absolute Gasteiger partial charge is 0.352 e. The van der Waals surface area contributed by atoms with E-state index in [2.05, 4.69) is 45.1 Å². The summed E-state index contributed by atoms with van der Waals surface area (Å²) in [6.45, 7) is 6.66. The van der Waals surface area contributed by atoms with Crippen molar-refractivity contribution in [2.75, 3.05) is 39.8 Å². The number of carbonyl (C=O) groups excluding carboxylic acids is 1. The van der Waals surface area contributed by atoms with Crippen molar-refractivity contribution in [1.82, 2.24) is 25.1 Å². The minimum Gasteiger partial charge on any atom is -0.352 e. The van der Waals surface area contributed by atoms with Crippen LogP contribution in [0.15, 0.2) is 24.5 Å². The molecule has 30 heavy (non-hydrogen) atoms. The number of aromatic nitrogens is 2. The Bertz CT molecular complexity index is 946. The number of benzene rings is 1. The maximum atomic E-state index is 12.7. The lowest BCUT2D eigenvalue weighted by Crippen LogP contribution is -2.50. The molecule has 1 N–H and O–H groups in total. The summed E-state index contributed by atoms with van der Waals surface area (Å²) in [5.74, 6) is 0.941. The van der Waals surface area contributed by atoms with Crippen LogP contribution in [-0.2, 0) is 4.79 Å². The molecule has 1 saturated heterocycles. The minimum atomic E-state index is 0.127. The van der Waals surface area contributed by atoms with Gasteiger partial charge in [-0.15, -0.1) is 0 Å². The maximum absolute atomic E-state index is 12.7. The number of fused-ring (bicyclic) bond motifs is 1. The Morgan fingerprint density at radius 3 is 2.60 bits per heavy atom. The molecule has 7 nitrogen and oxygen atoms in total. The molecule has 1 aromatic carbocycles. The summed E-state index contributed by atoms with van der Waals surface area (Å²) in [6, 6.07) is 6.27. The van der Waals surface area contributed by atoms with Gasteiger partial charge in [0.2, 0.25) is 5.91 Å². The molecule has 2 aliphatic rings. The van der Waals surface area contributed by atoms with Gasteiger partial charge in [-0.3, -0.25) is 19.7 Å². The molecular weight excluding hydrogens is 376 g/mol. The van der Waals surface area contributed by atoms with Crippen LogP contribution in [0.4, 0.5) is 0 Å². The molecule has 7 heteroatoms. The Morgan fingerprint density at radius 2 is 1.87 bits per heavy atom. The zero-order valence-electron chi connectivity index (χ0n) is 17.8. The Morgan fingerprint density at radius 1 is 1.13 bits per heavy atom. The molecule has 2 fully saturated rings. The number of amides is 1. The van der Waals surface area contributed by atoms with Crippen molar-refractivity contribution >= 4 is 16.9 Å². The number of carbonyl (C=O) groups is 1. The number of nitrogens with one attached hydrogen (secondary N) is 1. The molecular formula is C23H30N6O. The van der Waals surface area contributed by atoms with Gasteiger partial charge in [-0.1, -0.05) is 13.0 Å². The Balaban J connectivity index is 1.46. The molecule has 2 heterocycles. The van der Waals surface area contributed by atoms with Crippen molar-refractivity contribution in [2.24, 2.45) is 5.92 Å². The first-order valence-corrected chi connectivity index (χ1v) is 10.9. The van der Waals surface area contributed by atoms with Crippen molar-refractivity contribution in [3.63, 3.8) is 0 Å². The second kappa shape index (κ2) is 9.07. The number of rotatable bonds is 4. The van der Waals surface area contributed by atoms with Crippen molar-refractivity contribution < 1.29 is 4.79 Å². The highest BCUT2D eigenvalue weighted by atomic mass is 16.2. The van der Waals surface area contributed by atoms with E-state index in [0.29, 0.717) is 29.5 Å². The molecule has 2 aromatic rings. The zero-order chi connectivity index (χ0) is 21.1. The van der Waals surface area contributed by atoms with Crippen LogP contribution in [0.3, 0.4) is 0 Å². The monoisotopic (exact) mass is 406 g/mol. The fourth-order valence-electron chi connectivity index (χ4n) is 4.95. The first-order valence-electron chi connectivity index (χ1n) is 10.9. The van der Waals surface area contributed by atoms with Gasteiger partial charge in [0.1, 0.15) is 11.6 Å². The van der Waals surface area contributed by atoms with Gasteiger partial charge in [-0.2, -0.15) is 5.26 Å². The number of nitriles is 1. The average molecular weight is 407 g/mol. The second-order valence-corrected chi connectivity index (χ2v) is 8.92. The average Bonchev–Trinajstić information content (AvgIpc) is 2.74. The van der Waals surface area contributed by atoms with Crippen LogP contribution in [0.1, 0.15) is 43.2 Å². The molecule has 0 radical (unpaired) electrons. The van der Waals surface area contributed by atoms with Crippen LogP contribution in [0, 0.1) is 17.2 Å². The van der Waals surface area contributed by atoms with Gasteiger partial charge in [0.15, 0.2) is 0 Å². The number of hydrogen-bond acceptors (Lipinski definition) is 6. The Hall–Kier alpha value is -2.56. The first-order chi connectivity index (χ1) is 14.5. The fourth-order valence-corrected chi connectivity index (χ4v) is 4.95. The van der Waals surface area contributed by atoms with Crippen molar-refractivity contribution in [3.8, 4) is 6.07 Å². The fraction of sp³-hybridized carbons (Fsp3) is 0.565. The molecule has 0 spiro atoms. The standard InChI is InChI=1S/C23H30N6O/c1-16-11-18(20-4-3-17(14-24)22-23(20)26-6-5-25-22)13-19(12-16)27-21(30)15-29-9-7-28(2)8-10-29/h3-6,16,18-19H,7-13,15H2,1-2H3,(H,27,30)/t16-,18+,19-/m1/s1. The number of likely N-dealkylation sites (N-methyl/N-ethyl adjacent to an activating group) is 1. The van der Waals surface area contributed by atoms with Crippen LogP contribution >= 0.6 is 0 Å². The normalized spacial score (nSPS) is 25.7. The summed E-state index contributed by atoms with van der Waals surface area (Å²) >= 11 is 0. The van der Waals surface area contributed by atoms with Gasteiger partial charge >= 0.3 is 0 Å². The van der Waals surface area contributed by atoms with Crippen LogP contribution in [0.25, 0.3) is 11.0 Å². The molecule has 0 unspecified atom stereocenters. The third kappa shape index (κ3) is 4.61.